The van der Waals surface area contributed by atoms with E-state index in [1.54, 1.807) is 21.3 Å². The molecule has 1 aromatic carbocycles. The average Bonchev–Trinajstić information content (AvgIpc) is 2.50. The molecule has 0 aromatic heterocycles. The van der Waals surface area contributed by atoms with Crippen LogP contribution in [0.3, 0.4) is 0 Å². The van der Waals surface area contributed by atoms with E-state index in [0.717, 1.165) is 12.1 Å². The zero-order valence-electron chi connectivity index (χ0n) is 13.6. The molecular formula is C15H29NO3. The third-order valence-corrected chi connectivity index (χ3v) is 2.11. The van der Waals surface area contributed by atoms with Crippen LogP contribution in [0, 0.1) is 0 Å². The molecular weight excluding hydrogens is 242 g/mol. The first-order valence-electron chi connectivity index (χ1n) is 6.70. The molecule has 0 saturated carbocycles. The molecule has 0 fully saturated rings. The fourth-order valence-corrected chi connectivity index (χ4v) is 1.44. The summed E-state index contributed by atoms with van der Waals surface area (Å²) in [5, 5.41) is 3.07. The first-order valence-corrected chi connectivity index (χ1v) is 6.70. The van der Waals surface area contributed by atoms with E-state index < -0.39 is 0 Å². The third kappa shape index (κ3) is 6.34. The largest absolute Gasteiger partial charge is 0.493 e. The molecule has 0 spiro atoms. The maximum Gasteiger partial charge on any atom is 0.203 e. The second kappa shape index (κ2) is 13.0. The first kappa shape index (κ1) is 19.9. The monoisotopic (exact) mass is 271 g/mol. The standard InChI is InChI=1S/C11H17NO3.2C2H6/c1-12-7-8-5-9(13-2)11(15-4)10(6-8)14-3;2*1-2/h5-6,12H,7H2,1-4H3;2*1-2H3. The highest BCUT2D eigenvalue weighted by molar-refractivity contribution is 5.53. The highest BCUT2D eigenvalue weighted by Gasteiger charge is 2.12. The van der Waals surface area contributed by atoms with Gasteiger partial charge in [0, 0.05) is 6.54 Å². The van der Waals surface area contributed by atoms with E-state index in [1.165, 1.54) is 0 Å². The molecule has 0 bridgehead atoms. The fourth-order valence-electron chi connectivity index (χ4n) is 1.44. The van der Waals surface area contributed by atoms with Crippen molar-refractivity contribution in [2.24, 2.45) is 0 Å². The number of hydrogen-bond donors (Lipinski definition) is 1. The summed E-state index contributed by atoms with van der Waals surface area (Å²) in [5.74, 6) is 1.99. The highest BCUT2D eigenvalue weighted by atomic mass is 16.5. The molecule has 1 N–H and O–H groups in total. The molecule has 19 heavy (non-hydrogen) atoms. The molecule has 112 valence electrons. The summed E-state index contributed by atoms with van der Waals surface area (Å²) >= 11 is 0. The van der Waals surface area contributed by atoms with Crippen LogP contribution in [0.2, 0.25) is 0 Å². The van der Waals surface area contributed by atoms with Gasteiger partial charge in [-0.2, -0.15) is 0 Å². The average molecular weight is 271 g/mol. The summed E-state index contributed by atoms with van der Waals surface area (Å²) in [6, 6.07) is 3.86. The number of nitrogens with one attached hydrogen (secondary N) is 1. The Kier molecular flexibility index (Phi) is 13.6. The van der Waals surface area contributed by atoms with Crippen molar-refractivity contribution in [3.8, 4) is 17.2 Å². The Morgan fingerprint density at radius 1 is 0.842 bits per heavy atom. The molecule has 4 nitrogen and oxygen atoms in total. The van der Waals surface area contributed by atoms with Crippen LogP contribution in [-0.2, 0) is 6.54 Å². The van der Waals surface area contributed by atoms with Crippen molar-refractivity contribution < 1.29 is 14.2 Å². The Bertz CT molecular complexity index is 302. The molecule has 0 aliphatic heterocycles. The predicted molar refractivity (Wildman–Crippen MR) is 81.6 cm³/mol. The van der Waals surface area contributed by atoms with Crippen LogP contribution in [0.4, 0.5) is 0 Å². The molecule has 0 aliphatic rings. The van der Waals surface area contributed by atoms with Gasteiger partial charge in [-0.3, -0.25) is 0 Å². The van der Waals surface area contributed by atoms with E-state index in [2.05, 4.69) is 5.32 Å². The van der Waals surface area contributed by atoms with Crippen molar-refractivity contribution in [1.82, 2.24) is 5.32 Å². The summed E-state index contributed by atoms with van der Waals surface area (Å²) < 4.78 is 15.7. The lowest BCUT2D eigenvalue weighted by atomic mass is 10.2. The molecule has 0 saturated heterocycles. The summed E-state index contributed by atoms with van der Waals surface area (Å²) in [7, 11) is 6.71. The maximum atomic E-state index is 5.23. The van der Waals surface area contributed by atoms with Crippen molar-refractivity contribution in [3.63, 3.8) is 0 Å². The van der Waals surface area contributed by atoms with Gasteiger partial charge in [0.05, 0.1) is 21.3 Å². The van der Waals surface area contributed by atoms with Gasteiger partial charge in [0.15, 0.2) is 11.5 Å². The van der Waals surface area contributed by atoms with Crippen molar-refractivity contribution >= 4 is 0 Å². The number of methoxy groups -OCH3 is 3. The zero-order chi connectivity index (χ0) is 15.3. The summed E-state index contributed by atoms with van der Waals surface area (Å²) in [4.78, 5) is 0. The van der Waals surface area contributed by atoms with Gasteiger partial charge in [0.25, 0.3) is 0 Å². The number of rotatable bonds is 5. The molecule has 0 unspecified atom stereocenters. The lowest BCUT2D eigenvalue weighted by molar-refractivity contribution is 0.323. The first-order chi connectivity index (χ1) is 9.26. The number of ether oxygens (including phenoxy) is 3. The van der Waals surface area contributed by atoms with E-state index >= 15 is 0 Å². The minimum absolute atomic E-state index is 0.625. The number of hydrogen-bond acceptors (Lipinski definition) is 4. The van der Waals surface area contributed by atoms with Crippen LogP contribution in [0.25, 0.3) is 0 Å². The Morgan fingerprint density at radius 3 is 1.53 bits per heavy atom. The van der Waals surface area contributed by atoms with Crippen LogP contribution in [0.5, 0.6) is 17.2 Å². The van der Waals surface area contributed by atoms with Crippen LogP contribution in [-0.4, -0.2) is 28.4 Å². The maximum absolute atomic E-state index is 5.23. The molecule has 1 rings (SSSR count). The molecule has 0 heterocycles. The van der Waals surface area contributed by atoms with Gasteiger partial charge < -0.3 is 19.5 Å². The van der Waals surface area contributed by atoms with Gasteiger partial charge in [-0.25, -0.2) is 0 Å². The smallest absolute Gasteiger partial charge is 0.203 e. The second-order valence-electron chi connectivity index (χ2n) is 3.06. The lowest BCUT2D eigenvalue weighted by Crippen LogP contribution is -2.06. The number of benzene rings is 1. The van der Waals surface area contributed by atoms with E-state index in [-0.39, 0.29) is 0 Å². The topological polar surface area (TPSA) is 39.7 Å². The van der Waals surface area contributed by atoms with E-state index in [1.807, 2.05) is 46.9 Å². The van der Waals surface area contributed by atoms with Crippen molar-refractivity contribution in [1.29, 1.82) is 0 Å². The molecule has 4 heteroatoms. The van der Waals surface area contributed by atoms with Gasteiger partial charge >= 0.3 is 0 Å². The minimum atomic E-state index is 0.625. The summed E-state index contributed by atoms with van der Waals surface area (Å²) in [6.45, 7) is 8.76. The zero-order valence-corrected chi connectivity index (χ0v) is 13.6. The molecule has 0 atom stereocenters. The van der Waals surface area contributed by atoms with Gasteiger partial charge in [-0.05, 0) is 24.7 Å². The fraction of sp³-hybridized carbons (Fsp3) is 0.600. The summed E-state index contributed by atoms with van der Waals surface area (Å²) in [6.07, 6.45) is 0. The van der Waals surface area contributed by atoms with Gasteiger partial charge in [0.1, 0.15) is 0 Å². The summed E-state index contributed by atoms with van der Waals surface area (Å²) in [5.41, 5.74) is 1.09. The normalized spacial score (nSPS) is 8.42. The Labute approximate surface area is 118 Å². The predicted octanol–water partition coefficient (Wildman–Crippen LogP) is 3.48. The molecule has 0 radical (unpaired) electrons. The van der Waals surface area contributed by atoms with Crippen LogP contribution in [0.1, 0.15) is 33.3 Å². The minimum Gasteiger partial charge on any atom is -0.493 e. The van der Waals surface area contributed by atoms with Crippen molar-refractivity contribution in [2.45, 2.75) is 34.2 Å². The Balaban J connectivity index is 0. The highest BCUT2D eigenvalue weighted by Crippen LogP contribution is 2.38. The van der Waals surface area contributed by atoms with Crippen LogP contribution in [0.15, 0.2) is 12.1 Å². The van der Waals surface area contributed by atoms with Gasteiger partial charge in [-0.1, -0.05) is 27.7 Å². The Hall–Kier alpha value is -1.42. The van der Waals surface area contributed by atoms with E-state index in [0.29, 0.717) is 17.2 Å². The van der Waals surface area contributed by atoms with Crippen molar-refractivity contribution in [2.75, 3.05) is 28.4 Å². The van der Waals surface area contributed by atoms with Crippen molar-refractivity contribution in [3.05, 3.63) is 17.7 Å². The molecule has 0 aliphatic carbocycles. The van der Waals surface area contributed by atoms with Crippen LogP contribution >= 0.6 is 0 Å². The lowest BCUT2D eigenvalue weighted by Gasteiger charge is -2.13. The van der Waals surface area contributed by atoms with E-state index in [4.69, 9.17) is 14.2 Å². The SMILES string of the molecule is CC.CC.CNCc1cc(OC)c(OC)c(OC)c1. The van der Waals surface area contributed by atoms with Gasteiger partial charge in [-0.15, -0.1) is 0 Å². The van der Waals surface area contributed by atoms with Crippen LogP contribution < -0.4 is 19.5 Å². The Morgan fingerprint density at radius 2 is 1.26 bits per heavy atom. The third-order valence-electron chi connectivity index (χ3n) is 2.11. The van der Waals surface area contributed by atoms with Gasteiger partial charge in [0.2, 0.25) is 5.75 Å². The van der Waals surface area contributed by atoms with E-state index in [9.17, 15) is 0 Å². The quantitative estimate of drug-likeness (QED) is 0.890. The molecule has 1 aromatic rings. The molecule has 0 amide bonds. The second-order valence-corrected chi connectivity index (χ2v) is 3.06.